The van der Waals surface area contributed by atoms with Crippen LogP contribution < -0.4 is 15.4 Å². The normalized spacial score (nSPS) is 19.4. The first-order valence-corrected chi connectivity index (χ1v) is 12.4. The Morgan fingerprint density at radius 1 is 1.16 bits per heavy atom. The van der Waals surface area contributed by atoms with Gasteiger partial charge in [-0.1, -0.05) is 0 Å². The fourth-order valence-electron chi connectivity index (χ4n) is 5.36. The van der Waals surface area contributed by atoms with E-state index >= 15 is 8.78 Å². The van der Waals surface area contributed by atoms with Gasteiger partial charge in [-0.05, 0) is 56.4 Å². The van der Waals surface area contributed by atoms with Crippen LogP contribution in [-0.2, 0) is 16.8 Å². The van der Waals surface area contributed by atoms with Crippen molar-refractivity contribution in [3.8, 4) is 11.5 Å². The largest absolute Gasteiger partial charge is 0.456 e. The van der Waals surface area contributed by atoms with E-state index in [2.05, 4.69) is 20.7 Å². The van der Waals surface area contributed by atoms with Crippen LogP contribution in [0.2, 0.25) is 0 Å². The van der Waals surface area contributed by atoms with Crippen molar-refractivity contribution in [1.29, 1.82) is 0 Å². The van der Waals surface area contributed by atoms with Crippen molar-refractivity contribution in [2.24, 2.45) is 5.92 Å². The van der Waals surface area contributed by atoms with Gasteiger partial charge in [-0.15, -0.1) is 0 Å². The summed E-state index contributed by atoms with van der Waals surface area (Å²) in [5.74, 6) is -1.55. The van der Waals surface area contributed by atoms with Gasteiger partial charge >= 0.3 is 0 Å². The van der Waals surface area contributed by atoms with Crippen LogP contribution in [0, 0.1) is 24.5 Å². The van der Waals surface area contributed by atoms with Crippen LogP contribution in [0.5, 0.6) is 11.5 Å². The number of aromatic nitrogens is 3. The Bertz CT molecular complexity index is 1600. The number of nitrogens with one attached hydrogen (secondary N) is 2. The van der Waals surface area contributed by atoms with Crippen LogP contribution in [0.25, 0.3) is 10.9 Å². The molecule has 0 spiro atoms. The minimum Gasteiger partial charge on any atom is -0.456 e. The van der Waals surface area contributed by atoms with Gasteiger partial charge in [-0.25, -0.2) is 8.78 Å². The van der Waals surface area contributed by atoms with Gasteiger partial charge in [0.1, 0.15) is 23.1 Å². The Kier molecular flexibility index (Phi) is 5.62. The molecule has 2 aromatic heterocycles. The van der Waals surface area contributed by atoms with Crippen LogP contribution in [0.3, 0.4) is 0 Å². The molecule has 194 valence electrons. The average molecular weight is 518 g/mol. The summed E-state index contributed by atoms with van der Waals surface area (Å²) in [6.07, 6.45) is 7.68. The van der Waals surface area contributed by atoms with Crippen LogP contribution >= 0.6 is 0 Å². The highest BCUT2D eigenvalue weighted by molar-refractivity contribution is 5.99. The minimum absolute atomic E-state index is 0.0400. The number of halogens is 2. The zero-order valence-electron chi connectivity index (χ0n) is 20.8. The first kappa shape index (κ1) is 24.0. The van der Waals surface area contributed by atoms with E-state index < -0.39 is 24.0 Å². The molecule has 0 saturated heterocycles. The summed E-state index contributed by atoms with van der Waals surface area (Å²) < 4.78 is 38.1. The third-order valence-electron chi connectivity index (χ3n) is 7.62. The monoisotopic (exact) mass is 517 g/mol. The van der Waals surface area contributed by atoms with Gasteiger partial charge < -0.3 is 15.4 Å². The number of anilines is 1. The molecule has 0 atom stereocenters. The van der Waals surface area contributed by atoms with Gasteiger partial charge in [0.15, 0.2) is 0 Å². The molecular formula is C28H25F2N5O3. The molecule has 3 fully saturated rings. The molecule has 0 radical (unpaired) electrons. The van der Waals surface area contributed by atoms with Crippen LogP contribution in [0.15, 0.2) is 48.9 Å². The van der Waals surface area contributed by atoms with E-state index in [0.717, 1.165) is 31.2 Å². The van der Waals surface area contributed by atoms with Gasteiger partial charge in [0, 0.05) is 47.6 Å². The lowest BCUT2D eigenvalue weighted by Gasteiger charge is -2.61. The van der Waals surface area contributed by atoms with Crippen LogP contribution in [0.4, 0.5) is 14.5 Å². The molecule has 0 aliphatic heterocycles. The van der Waals surface area contributed by atoms with E-state index in [-0.39, 0.29) is 34.1 Å². The first-order valence-electron chi connectivity index (χ1n) is 12.4. The van der Waals surface area contributed by atoms with E-state index in [1.807, 2.05) is 4.68 Å². The molecule has 8 nitrogen and oxygen atoms in total. The molecule has 38 heavy (non-hydrogen) atoms. The first-order chi connectivity index (χ1) is 18.3. The lowest BCUT2D eigenvalue weighted by atomic mass is 9.50. The molecule has 0 unspecified atom stereocenters. The van der Waals surface area contributed by atoms with Gasteiger partial charge in [0.25, 0.3) is 5.91 Å². The number of carbonyl (C=O) groups is 2. The number of carbonyl (C=O) groups excluding carboxylic acids is 2. The molecule has 2 heterocycles. The second-order valence-corrected chi connectivity index (χ2v) is 10.1. The lowest BCUT2D eigenvalue weighted by molar-refractivity contribution is -0.115. The number of benzene rings is 2. The molecular weight excluding hydrogens is 492 g/mol. The summed E-state index contributed by atoms with van der Waals surface area (Å²) in [5.41, 5.74) is 1.24. The highest BCUT2D eigenvalue weighted by atomic mass is 19.1. The topological polar surface area (TPSA) is 98.1 Å². The zero-order chi connectivity index (χ0) is 26.6. The molecule has 2 N–H and O–H groups in total. The summed E-state index contributed by atoms with van der Waals surface area (Å²) in [4.78, 5) is 29.0. The number of nitrogens with zero attached hydrogens (tertiary/aromatic N) is 3. The quantitative estimate of drug-likeness (QED) is 0.365. The molecule has 7 rings (SSSR count). The summed E-state index contributed by atoms with van der Waals surface area (Å²) in [6.45, 7) is 1.46. The SMILES string of the molecule is CNC(=O)c1ccc2nccc(Oc3cc(F)c(CC(=O)Nc4cnn(C56CC(C5)C6)c4)c(F)c3C)c2c1. The second-order valence-electron chi connectivity index (χ2n) is 10.1. The molecule has 2 aromatic carbocycles. The Hall–Kier alpha value is -4.34. The average Bonchev–Trinajstić information content (AvgIpc) is 3.30. The summed E-state index contributed by atoms with van der Waals surface area (Å²) in [5, 5.41) is 10.1. The van der Waals surface area contributed by atoms with Gasteiger partial charge in [-0.2, -0.15) is 5.10 Å². The number of amides is 2. The van der Waals surface area contributed by atoms with E-state index in [9.17, 15) is 9.59 Å². The minimum atomic E-state index is -0.896. The number of rotatable bonds is 7. The Morgan fingerprint density at radius 3 is 2.66 bits per heavy atom. The third kappa shape index (κ3) is 3.96. The molecule has 3 saturated carbocycles. The van der Waals surface area contributed by atoms with E-state index in [1.54, 1.807) is 36.7 Å². The van der Waals surface area contributed by atoms with E-state index in [4.69, 9.17) is 4.74 Å². The number of pyridine rings is 1. The fraction of sp³-hybridized carbons (Fsp3) is 0.286. The van der Waals surface area contributed by atoms with E-state index in [1.165, 1.54) is 20.2 Å². The summed E-state index contributed by atoms with van der Waals surface area (Å²) in [6, 6.07) is 7.52. The predicted molar refractivity (Wildman–Crippen MR) is 136 cm³/mol. The van der Waals surface area contributed by atoms with Gasteiger partial charge in [0.2, 0.25) is 5.91 Å². The highest BCUT2D eigenvalue weighted by Crippen LogP contribution is 2.62. The van der Waals surface area contributed by atoms with Crippen molar-refractivity contribution in [1.82, 2.24) is 20.1 Å². The number of hydrogen-bond donors (Lipinski definition) is 2. The maximum absolute atomic E-state index is 15.3. The van der Waals surface area contributed by atoms with Crippen LogP contribution in [0.1, 0.15) is 40.7 Å². The highest BCUT2D eigenvalue weighted by Gasteiger charge is 2.58. The molecule has 2 bridgehead atoms. The zero-order valence-corrected chi connectivity index (χ0v) is 20.8. The van der Waals surface area contributed by atoms with Crippen molar-refractivity contribution in [3.63, 3.8) is 0 Å². The summed E-state index contributed by atoms with van der Waals surface area (Å²) in [7, 11) is 1.52. The van der Waals surface area contributed by atoms with Crippen molar-refractivity contribution >= 4 is 28.4 Å². The van der Waals surface area contributed by atoms with Crippen molar-refractivity contribution in [2.75, 3.05) is 12.4 Å². The molecule has 3 aliphatic rings. The Labute approximate surface area is 217 Å². The molecule has 3 aliphatic carbocycles. The maximum atomic E-state index is 15.3. The number of fused-ring (bicyclic) bond motifs is 1. The molecule has 2 amide bonds. The standard InChI is InChI=1S/C28H25F2N5O3/c1-15-24(38-23-5-6-32-22-4-3-17(7-20(22)23)27(37)31-2)9-21(29)19(26(15)30)8-25(36)34-18-13-33-35(14-18)28-10-16(11-28)12-28/h3-7,9,13-14,16H,8,10-12H2,1-2H3,(H,31,37)(H,34,36). The lowest BCUT2D eigenvalue weighted by Crippen LogP contribution is -2.59. The van der Waals surface area contributed by atoms with Gasteiger partial charge in [0.05, 0.1) is 29.4 Å². The van der Waals surface area contributed by atoms with Crippen molar-refractivity contribution < 1.29 is 23.1 Å². The molecule has 10 heteroatoms. The number of hydrogen-bond acceptors (Lipinski definition) is 5. The fourth-order valence-corrected chi connectivity index (χ4v) is 5.36. The number of ether oxygens (including phenoxy) is 1. The predicted octanol–water partition coefficient (Wildman–Crippen LogP) is 4.86. The maximum Gasteiger partial charge on any atom is 0.251 e. The Morgan fingerprint density at radius 2 is 1.95 bits per heavy atom. The van der Waals surface area contributed by atoms with E-state index in [0.29, 0.717) is 22.2 Å². The third-order valence-corrected chi connectivity index (χ3v) is 7.62. The van der Waals surface area contributed by atoms with Gasteiger partial charge in [-0.3, -0.25) is 19.3 Å². The van der Waals surface area contributed by atoms with Crippen molar-refractivity contribution in [3.05, 3.63) is 77.2 Å². The smallest absolute Gasteiger partial charge is 0.251 e. The summed E-state index contributed by atoms with van der Waals surface area (Å²) >= 11 is 0. The molecule has 4 aromatic rings. The van der Waals surface area contributed by atoms with Crippen molar-refractivity contribution in [2.45, 2.75) is 38.1 Å². The van der Waals surface area contributed by atoms with Crippen LogP contribution in [-0.4, -0.2) is 33.6 Å². The Balaban J connectivity index is 1.21. The second kappa shape index (κ2) is 8.90.